The predicted octanol–water partition coefficient (Wildman–Crippen LogP) is 0.150. The molecule has 0 aliphatic rings. The number of amides is 1. The van der Waals surface area contributed by atoms with Crippen LogP contribution in [0.2, 0.25) is 0 Å². The van der Waals surface area contributed by atoms with Gasteiger partial charge in [-0.05, 0) is 6.92 Å². The molecular formula is C4H8N2O3. The first-order valence-corrected chi connectivity index (χ1v) is 2.41. The molecule has 0 unspecified atom stereocenters. The maximum absolute atomic E-state index is 10.3. The molecule has 0 saturated carbocycles. The van der Waals surface area contributed by atoms with E-state index in [1.807, 2.05) is 0 Å². The summed E-state index contributed by atoms with van der Waals surface area (Å²) >= 11 is 0. The second kappa shape index (κ2) is 4.89. The first-order valence-electron chi connectivity index (χ1n) is 2.41. The molecule has 0 aliphatic carbocycles. The highest BCUT2D eigenvalue weighted by Gasteiger charge is 1.93. The van der Waals surface area contributed by atoms with Crippen LogP contribution in [0.15, 0.2) is 5.16 Å². The second-order valence-electron chi connectivity index (χ2n) is 1.16. The number of nitrogens with zero attached hydrogens (tertiary/aromatic N) is 1. The molecule has 0 atom stereocenters. The van der Waals surface area contributed by atoms with Crippen molar-refractivity contribution in [3.63, 3.8) is 0 Å². The smallest absolute Gasteiger partial charge is 0.408 e. The van der Waals surface area contributed by atoms with E-state index in [-0.39, 0.29) is 0 Å². The summed E-state index contributed by atoms with van der Waals surface area (Å²) in [4.78, 5) is 10.3. The van der Waals surface area contributed by atoms with Gasteiger partial charge in [-0.15, -0.1) is 0 Å². The van der Waals surface area contributed by atoms with Gasteiger partial charge >= 0.3 is 6.09 Å². The van der Waals surface area contributed by atoms with Crippen molar-refractivity contribution in [1.82, 2.24) is 5.32 Å². The summed E-state index contributed by atoms with van der Waals surface area (Å²) in [5, 5.41) is 12.5. The van der Waals surface area contributed by atoms with Crippen molar-refractivity contribution >= 4 is 12.5 Å². The number of alkyl carbamates (subject to hydrolysis) is 1. The number of carbonyl (C=O) groups is 1. The fourth-order valence-corrected chi connectivity index (χ4v) is 0.257. The molecule has 1 amide bonds. The summed E-state index contributed by atoms with van der Waals surface area (Å²) in [5.74, 6) is 0. The molecule has 0 aromatic carbocycles. The van der Waals surface area contributed by atoms with Crippen LogP contribution in [-0.4, -0.2) is 24.2 Å². The zero-order valence-corrected chi connectivity index (χ0v) is 5.00. The Morgan fingerprint density at radius 2 is 2.67 bits per heavy atom. The van der Waals surface area contributed by atoms with Gasteiger partial charge in [-0.1, -0.05) is 5.16 Å². The summed E-state index contributed by atoms with van der Waals surface area (Å²) < 4.78 is 4.14. The summed E-state index contributed by atoms with van der Waals surface area (Å²) in [6.07, 6.45) is 0.0145. The van der Waals surface area contributed by atoms with E-state index in [1.165, 1.54) is 0 Å². The van der Waals surface area contributed by atoms with Crippen LogP contribution in [0.4, 0.5) is 4.79 Å². The van der Waals surface area contributed by atoms with Crippen LogP contribution in [0, 0.1) is 0 Å². The van der Waals surface area contributed by atoms with Gasteiger partial charge in [0.25, 0.3) is 0 Å². The molecule has 0 aromatic rings. The molecule has 0 bridgehead atoms. The molecule has 0 aromatic heterocycles. The average Bonchev–Trinajstić information content (AvgIpc) is 1.85. The quantitative estimate of drug-likeness (QED) is 0.243. The summed E-state index contributed by atoms with van der Waals surface area (Å²) in [5.41, 5.74) is 0. The fourth-order valence-electron chi connectivity index (χ4n) is 0.257. The van der Waals surface area contributed by atoms with Gasteiger partial charge < -0.3 is 15.3 Å². The van der Waals surface area contributed by atoms with E-state index in [0.29, 0.717) is 12.9 Å². The van der Waals surface area contributed by atoms with Crippen LogP contribution in [0.5, 0.6) is 0 Å². The first kappa shape index (κ1) is 7.74. The fraction of sp³-hybridized carbons (Fsp3) is 0.500. The number of rotatable bonds is 2. The lowest BCUT2D eigenvalue weighted by atomic mass is 10.8. The number of hydrogen-bond acceptors (Lipinski definition) is 4. The average molecular weight is 132 g/mol. The Balaban J connectivity index is 3.27. The summed E-state index contributed by atoms with van der Waals surface area (Å²) in [6.45, 7) is 2.23. The molecule has 2 N–H and O–H groups in total. The van der Waals surface area contributed by atoms with Crippen molar-refractivity contribution in [2.75, 3.05) is 6.54 Å². The minimum absolute atomic E-state index is 0.484. The lowest BCUT2D eigenvalue weighted by Crippen LogP contribution is -2.22. The zero-order chi connectivity index (χ0) is 7.11. The van der Waals surface area contributed by atoms with E-state index >= 15 is 0 Å². The summed E-state index contributed by atoms with van der Waals surface area (Å²) in [7, 11) is 0. The number of carbonyl (C=O) groups excluding carboxylic acids is 1. The van der Waals surface area contributed by atoms with Gasteiger partial charge in [-0.2, -0.15) is 0 Å². The predicted molar refractivity (Wildman–Crippen MR) is 30.4 cm³/mol. The summed E-state index contributed by atoms with van der Waals surface area (Å²) in [6, 6.07) is 0. The van der Waals surface area contributed by atoms with Crippen molar-refractivity contribution < 1.29 is 14.7 Å². The van der Waals surface area contributed by atoms with Crippen molar-refractivity contribution in [2.24, 2.45) is 5.16 Å². The Labute approximate surface area is 52.3 Å². The minimum Gasteiger partial charge on any atom is -0.408 e. The normalized spacial score (nSPS) is 9.44. The van der Waals surface area contributed by atoms with Crippen LogP contribution in [0.3, 0.4) is 0 Å². The lowest BCUT2D eigenvalue weighted by Gasteiger charge is -1.95. The van der Waals surface area contributed by atoms with E-state index in [1.54, 1.807) is 6.92 Å². The standard InChI is InChI=1S/C4H8N2O3/c1-2-5-4(7)9-3-6-8/h3,8H,2H2,1H3,(H,5,7). The minimum atomic E-state index is -0.629. The van der Waals surface area contributed by atoms with Crippen LogP contribution in [0.25, 0.3) is 0 Å². The Morgan fingerprint density at radius 1 is 2.00 bits per heavy atom. The Morgan fingerprint density at radius 3 is 3.11 bits per heavy atom. The molecule has 0 rings (SSSR count). The van der Waals surface area contributed by atoms with Crippen molar-refractivity contribution in [2.45, 2.75) is 6.92 Å². The largest absolute Gasteiger partial charge is 0.413 e. The molecule has 5 nitrogen and oxygen atoms in total. The Kier molecular flexibility index (Phi) is 4.20. The van der Waals surface area contributed by atoms with E-state index < -0.39 is 6.09 Å². The maximum Gasteiger partial charge on any atom is 0.413 e. The Hall–Kier alpha value is -1.26. The monoisotopic (exact) mass is 132 g/mol. The van der Waals surface area contributed by atoms with Gasteiger partial charge in [0.05, 0.1) is 0 Å². The molecule has 0 fully saturated rings. The van der Waals surface area contributed by atoms with E-state index in [9.17, 15) is 4.79 Å². The molecule has 9 heavy (non-hydrogen) atoms. The maximum atomic E-state index is 10.3. The van der Waals surface area contributed by atoms with Crippen LogP contribution in [0.1, 0.15) is 6.92 Å². The third-order valence-electron chi connectivity index (χ3n) is 0.528. The number of nitrogens with one attached hydrogen (secondary N) is 1. The zero-order valence-electron chi connectivity index (χ0n) is 5.00. The van der Waals surface area contributed by atoms with Gasteiger partial charge in [0.2, 0.25) is 6.40 Å². The first-order chi connectivity index (χ1) is 4.31. The molecule has 52 valence electrons. The molecule has 0 heterocycles. The van der Waals surface area contributed by atoms with Gasteiger partial charge in [0.1, 0.15) is 0 Å². The Bertz CT molecular complexity index is 112. The number of hydrogen-bond donors (Lipinski definition) is 2. The molecule has 5 heteroatoms. The third kappa shape index (κ3) is 4.60. The van der Waals surface area contributed by atoms with Crippen molar-refractivity contribution in [3.8, 4) is 0 Å². The topological polar surface area (TPSA) is 70.9 Å². The van der Waals surface area contributed by atoms with Gasteiger partial charge in [0.15, 0.2) is 0 Å². The van der Waals surface area contributed by atoms with Crippen LogP contribution < -0.4 is 5.32 Å². The second-order valence-corrected chi connectivity index (χ2v) is 1.16. The van der Waals surface area contributed by atoms with E-state index in [4.69, 9.17) is 5.21 Å². The van der Waals surface area contributed by atoms with Crippen molar-refractivity contribution in [1.29, 1.82) is 0 Å². The van der Waals surface area contributed by atoms with Gasteiger partial charge in [0, 0.05) is 6.54 Å². The highest BCUT2D eigenvalue weighted by atomic mass is 16.6. The van der Waals surface area contributed by atoms with Crippen molar-refractivity contribution in [3.05, 3.63) is 0 Å². The third-order valence-corrected chi connectivity index (χ3v) is 0.528. The molecular weight excluding hydrogens is 124 g/mol. The van der Waals surface area contributed by atoms with Gasteiger partial charge in [-0.25, -0.2) is 4.79 Å². The van der Waals surface area contributed by atoms with Crippen LogP contribution in [-0.2, 0) is 4.74 Å². The highest BCUT2D eigenvalue weighted by Crippen LogP contribution is 1.69. The lowest BCUT2D eigenvalue weighted by molar-refractivity contribution is 0.196. The number of ether oxygens (including phenoxy) is 1. The van der Waals surface area contributed by atoms with Crippen LogP contribution >= 0.6 is 0 Å². The highest BCUT2D eigenvalue weighted by molar-refractivity contribution is 5.75. The van der Waals surface area contributed by atoms with E-state index in [2.05, 4.69) is 15.2 Å². The van der Waals surface area contributed by atoms with Gasteiger partial charge in [-0.3, -0.25) is 0 Å². The SMILES string of the molecule is CCNC(=O)OC=NO. The number of oxime groups is 1. The molecule has 0 aliphatic heterocycles. The molecule has 0 radical (unpaired) electrons. The van der Waals surface area contributed by atoms with E-state index in [0.717, 1.165) is 0 Å². The molecule has 0 saturated heterocycles. The molecule has 0 spiro atoms.